The Bertz CT molecular complexity index is 610. The molecule has 0 atom stereocenters. The molecule has 118 valence electrons. The van der Waals surface area contributed by atoms with Crippen LogP contribution in [0.15, 0.2) is 18.2 Å². The van der Waals surface area contributed by atoms with Gasteiger partial charge in [0.25, 0.3) is 17.7 Å². The van der Waals surface area contributed by atoms with Crippen LogP contribution < -0.4 is 0 Å². The summed E-state index contributed by atoms with van der Waals surface area (Å²) < 4.78 is 0. The van der Waals surface area contributed by atoms with Crippen LogP contribution in [0.2, 0.25) is 0 Å². The first-order valence-corrected chi connectivity index (χ1v) is 7.77. The summed E-state index contributed by atoms with van der Waals surface area (Å²) in [7, 11) is 1.46. The van der Waals surface area contributed by atoms with Gasteiger partial charge in [0.15, 0.2) is 0 Å². The van der Waals surface area contributed by atoms with Crippen LogP contribution in [0.1, 0.15) is 64.2 Å². The lowest BCUT2D eigenvalue weighted by molar-refractivity contribution is 0.0692. The molecule has 1 aliphatic rings. The molecule has 0 spiro atoms. The summed E-state index contributed by atoms with van der Waals surface area (Å²) in [5, 5.41) is 0. The van der Waals surface area contributed by atoms with Crippen LogP contribution in [0.3, 0.4) is 0 Å². The predicted molar refractivity (Wildman–Crippen MR) is 84.0 cm³/mol. The third-order valence-corrected chi connectivity index (χ3v) is 3.90. The largest absolute Gasteiger partial charge is 0.339 e. The maximum absolute atomic E-state index is 12.6. The third-order valence-electron chi connectivity index (χ3n) is 3.90. The zero-order chi connectivity index (χ0) is 16.3. The summed E-state index contributed by atoms with van der Waals surface area (Å²) in [6, 6.07) is 4.77. The molecular weight excluding hydrogens is 280 g/mol. The van der Waals surface area contributed by atoms with Gasteiger partial charge in [0.05, 0.1) is 11.1 Å². The summed E-state index contributed by atoms with van der Waals surface area (Å²) in [6.07, 6.45) is 2.87. The fourth-order valence-corrected chi connectivity index (χ4v) is 2.61. The smallest absolute Gasteiger partial charge is 0.261 e. The van der Waals surface area contributed by atoms with Crippen molar-refractivity contribution in [3.05, 3.63) is 34.9 Å². The Morgan fingerprint density at radius 3 is 2.36 bits per heavy atom. The minimum atomic E-state index is -0.342. The van der Waals surface area contributed by atoms with E-state index in [9.17, 15) is 14.4 Å². The predicted octanol–water partition coefficient (Wildman–Crippen LogP) is 2.56. The van der Waals surface area contributed by atoms with Crippen molar-refractivity contribution >= 4 is 17.7 Å². The lowest BCUT2D eigenvalue weighted by atomic mass is 10.0. The second-order valence-corrected chi connectivity index (χ2v) is 5.58. The zero-order valence-electron chi connectivity index (χ0n) is 13.4. The van der Waals surface area contributed by atoms with Crippen molar-refractivity contribution in [1.29, 1.82) is 0 Å². The van der Waals surface area contributed by atoms with E-state index < -0.39 is 0 Å². The van der Waals surface area contributed by atoms with E-state index in [2.05, 4.69) is 6.92 Å². The van der Waals surface area contributed by atoms with Gasteiger partial charge in [0, 0.05) is 25.7 Å². The number of carbonyl (C=O) groups is 3. The molecule has 1 aliphatic heterocycles. The zero-order valence-corrected chi connectivity index (χ0v) is 13.4. The highest BCUT2D eigenvalue weighted by Crippen LogP contribution is 2.23. The lowest BCUT2D eigenvalue weighted by Gasteiger charge is -2.22. The molecule has 0 radical (unpaired) electrons. The summed E-state index contributed by atoms with van der Waals surface area (Å²) in [5.74, 6) is -0.728. The van der Waals surface area contributed by atoms with E-state index in [4.69, 9.17) is 0 Å². The Balaban J connectivity index is 2.28. The van der Waals surface area contributed by atoms with Crippen molar-refractivity contribution in [2.45, 2.75) is 33.1 Å². The van der Waals surface area contributed by atoms with E-state index in [0.29, 0.717) is 29.8 Å². The van der Waals surface area contributed by atoms with Gasteiger partial charge in [-0.15, -0.1) is 0 Å². The first-order valence-electron chi connectivity index (χ1n) is 7.77. The van der Waals surface area contributed by atoms with Crippen molar-refractivity contribution < 1.29 is 14.4 Å². The van der Waals surface area contributed by atoms with Gasteiger partial charge in [-0.05, 0) is 31.0 Å². The Kier molecular flexibility index (Phi) is 4.96. The van der Waals surface area contributed by atoms with Gasteiger partial charge >= 0.3 is 0 Å². The molecule has 5 heteroatoms. The van der Waals surface area contributed by atoms with Crippen LogP contribution in [0.25, 0.3) is 0 Å². The monoisotopic (exact) mass is 302 g/mol. The second-order valence-electron chi connectivity index (χ2n) is 5.58. The van der Waals surface area contributed by atoms with Gasteiger partial charge in [-0.1, -0.05) is 20.3 Å². The molecule has 3 amide bonds. The van der Waals surface area contributed by atoms with E-state index in [1.54, 1.807) is 18.2 Å². The maximum Gasteiger partial charge on any atom is 0.261 e. The molecule has 0 fully saturated rings. The van der Waals surface area contributed by atoms with Crippen molar-refractivity contribution in [3.8, 4) is 0 Å². The van der Waals surface area contributed by atoms with E-state index in [1.807, 2.05) is 11.8 Å². The lowest BCUT2D eigenvalue weighted by Crippen LogP contribution is -2.32. The molecule has 0 aliphatic carbocycles. The number of fused-ring (bicyclic) bond motifs is 1. The van der Waals surface area contributed by atoms with Crippen LogP contribution in [0.4, 0.5) is 0 Å². The van der Waals surface area contributed by atoms with E-state index in [0.717, 1.165) is 24.2 Å². The second kappa shape index (κ2) is 6.73. The van der Waals surface area contributed by atoms with Crippen molar-refractivity contribution in [2.75, 3.05) is 20.1 Å². The van der Waals surface area contributed by atoms with Gasteiger partial charge in [0.1, 0.15) is 0 Å². The number of benzene rings is 1. The fraction of sp³-hybridized carbons (Fsp3) is 0.471. The highest BCUT2D eigenvalue weighted by atomic mass is 16.2. The Labute approximate surface area is 130 Å². The van der Waals surface area contributed by atoms with Crippen LogP contribution in [-0.4, -0.2) is 47.7 Å². The number of amides is 3. The van der Waals surface area contributed by atoms with E-state index >= 15 is 0 Å². The van der Waals surface area contributed by atoms with Crippen LogP contribution >= 0.6 is 0 Å². The molecule has 1 aromatic rings. The Morgan fingerprint density at radius 2 is 1.73 bits per heavy atom. The Morgan fingerprint density at radius 1 is 1.05 bits per heavy atom. The third kappa shape index (κ3) is 2.89. The molecule has 0 unspecified atom stereocenters. The fourth-order valence-electron chi connectivity index (χ4n) is 2.61. The van der Waals surface area contributed by atoms with Crippen LogP contribution in [0, 0.1) is 0 Å². The number of nitrogens with zero attached hydrogens (tertiary/aromatic N) is 2. The highest BCUT2D eigenvalue weighted by Gasteiger charge is 2.33. The molecule has 0 bridgehead atoms. The van der Waals surface area contributed by atoms with Crippen molar-refractivity contribution in [3.63, 3.8) is 0 Å². The molecule has 0 saturated heterocycles. The number of carbonyl (C=O) groups excluding carboxylic acids is 3. The van der Waals surface area contributed by atoms with E-state index in [1.165, 1.54) is 7.05 Å². The molecule has 1 aromatic carbocycles. The minimum absolute atomic E-state index is 0.0760. The summed E-state index contributed by atoms with van der Waals surface area (Å²) in [5.41, 5.74) is 1.17. The number of hydrogen-bond donors (Lipinski definition) is 0. The minimum Gasteiger partial charge on any atom is -0.339 e. The summed E-state index contributed by atoms with van der Waals surface area (Å²) in [4.78, 5) is 39.4. The average Bonchev–Trinajstić information content (AvgIpc) is 2.75. The molecular formula is C17H22N2O3. The Hall–Kier alpha value is -2.17. The number of imide groups is 1. The normalized spacial score (nSPS) is 13.5. The number of unbranched alkanes of at least 4 members (excludes halogenated alkanes) is 1. The van der Waals surface area contributed by atoms with Crippen molar-refractivity contribution in [1.82, 2.24) is 9.80 Å². The summed E-state index contributed by atoms with van der Waals surface area (Å²) >= 11 is 0. The molecule has 1 heterocycles. The summed E-state index contributed by atoms with van der Waals surface area (Å²) in [6.45, 7) is 5.53. The average molecular weight is 302 g/mol. The van der Waals surface area contributed by atoms with Gasteiger partial charge in [0.2, 0.25) is 0 Å². The first-order chi connectivity index (χ1) is 10.5. The first kappa shape index (κ1) is 16.2. The van der Waals surface area contributed by atoms with Gasteiger partial charge < -0.3 is 4.90 Å². The maximum atomic E-state index is 12.6. The number of hydrogen-bond acceptors (Lipinski definition) is 3. The SMILES string of the molecule is CCCCN(CCC)C(=O)c1ccc2c(c1)C(=O)N(C)C2=O. The van der Waals surface area contributed by atoms with Gasteiger partial charge in [-0.25, -0.2) is 0 Å². The number of rotatable bonds is 6. The molecule has 0 N–H and O–H groups in total. The quantitative estimate of drug-likeness (QED) is 0.759. The highest BCUT2D eigenvalue weighted by molar-refractivity contribution is 6.21. The molecule has 2 rings (SSSR count). The van der Waals surface area contributed by atoms with Crippen LogP contribution in [0.5, 0.6) is 0 Å². The van der Waals surface area contributed by atoms with E-state index in [-0.39, 0.29) is 17.7 Å². The van der Waals surface area contributed by atoms with Crippen LogP contribution in [-0.2, 0) is 0 Å². The molecule has 0 aromatic heterocycles. The molecule has 0 saturated carbocycles. The topological polar surface area (TPSA) is 57.7 Å². The standard InChI is InChI=1S/C17H22N2O3/c1-4-6-10-19(9-5-2)15(20)12-7-8-13-14(11-12)17(22)18(3)16(13)21/h7-8,11H,4-6,9-10H2,1-3H3. The van der Waals surface area contributed by atoms with Gasteiger partial charge in [-0.3, -0.25) is 19.3 Å². The van der Waals surface area contributed by atoms with Gasteiger partial charge in [-0.2, -0.15) is 0 Å². The molecule has 22 heavy (non-hydrogen) atoms. The molecule has 5 nitrogen and oxygen atoms in total. The van der Waals surface area contributed by atoms with Crippen molar-refractivity contribution in [2.24, 2.45) is 0 Å².